The van der Waals surface area contributed by atoms with Crippen LogP contribution in [0.4, 0.5) is 17.1 Å². The van der Waals surface area contributed by atoms with Crippen molar-refractivity contribution in [2.75, 3.05) is 16.9 Å². The third kappa shape index (κ3) is 5.28. The number of nitrogens with one attached hydrogen (secondary N) is 2. The number of nitrogens with zero attached hydrogens (tertiary/aromatic N) is 2. The smallest absolute Gasteiger partial charge is 0.313 e. The Morgan fingerprint density at radius 2 is 1.74 bits per heavy atom. The first-order valence-corrected chi connectivity index (χ1v) is 10.6. The minimum atomic E-state index is -0.731. The normalized spacial score (nSPS) is 14.1. The molecule has 3 aromatic rings. The predicted octanol–water partition coefficient (Wildman–Crippen LogP) is 3.73. The van der Waals surface area contributed by atoms with Gasteiger partial charge in [-0.3, -0.25) is 29.9 Å². The van der Waals surface area contributed by atoms with Gasteiger partial charge in [0.1, 0.15) is 5.57 Å². The summed E-state index contributed by atoms with van der Waals surface area (Å²) in [4.78, 5) is 48.7. The molecule has 1 fully saturated rings. The molecule has 0 spiro atoms. The quantitative estimate of drug-likeness (QED) is 0.224. The Hall–Kier alpha value is -4.70. The van der Waals surface area contributed by atoms with E-state index in [1.807, 2.05) is 0 Å². The van der Waals surface area contributed by atoms with Gasteiger partial charge in [0.15, 0.2) is 6.61 Å². The van der Waals surface area contributed by atoms with Crippen molar-refractivity contribution in [2.45, 2.75) is 0 Å². The van der Waals surface area contributed by atoms with Crippen LogP contribution in [0.25, 0.3) is 6.08 Å². The number of carbonyl (C=O) groups is 3. The molecule has 0 atom stereocenters. The van der Waals surface area contributed by atoms with Crippen molar-refractivity contribution < 1.29 is 24.0 Å². The maximum atomic E-state index is 12.9. The number of para-hydroxylation sites is 2. The lowest BCUT2D eigenvalue weighted by molar-refractivity contribution is -0.385. The van der Waals surface area contributed by atoms with Crippen molar-refractivity contribution in [1.29, 1.82) is 0 Å². The molecule has 0 saturated carbocycles. The van der Waals surface area contributed by atoms with Crippen LogP contribution in [0.5, 0.6) is 5.75 Å². The van der Waals surface area contributed by atoms with Gasteiger partial charge in [0, 0.05) is 22.3 Å². The molecule has 0 aromatic heterocycles. The molecule has 1 saturated heterocycles. The van der Waals surface area contributed by atoms with E-state index in [0.717, 1.165) is 17.2 Å². The first kappa shape index (κ1) is 23.5. The van der Waals surface area contributed by atoms with E-state index in [2.05, 4.69) is 10.7 Å². The highest BCUT2D eigenvalue weighted by atomic mass is 35.5. The molecule has 4 rings (SSSR count). The van der Waals surface area contributed by atoms with Crippen LogP contribution in [0.3, 0.4) is 0 Å². The second-order valence-electron chi connectivity index (χ2n) is 7.28. The summed E-state index contributed by atoms with van der Waals surface area (Å²) in [5, 5.41) is 15.3. The van der Waals surface area contributed by atoms with Crippen molar-refractivity contribution in [3.05, 3.63) is 99.1 Å². The number of nitro benzene ring substituents is 1. The number of hydrogen-bond acceptors (Lipinski definition) is 6. The molecule has 11 heteroatoms. The van der Waals surface area contributed by atoms with Gasteiger partial charge in [0.05, 0.1) is 10.6 Å². The molecule has 10 nitrogen and oxygen atoms in total. The Morgan fingerprint density at radius 3 is 2.40 bits per heavy atom. The maximum absolute atomic E-state index is 12.9. The second kappa shape index (κ2) is 10.1. The number of hydrazine groups is 1. The van der Waals surface area contributed by atoms with Gasteiger partial charge in [-0.25, -0.2) is 5.01 Å². The minimum Gasteiger partial charge on any atom is -0.476 e. The zero-order chi connectivity index (χ0) is 24.9. The fourth-order valence-electron chi connectivity index (χ4n) is 3.33. The Balaban J connectivity index is 1.65. The third-order valence-corrected chi connectivity index (χ3v) is 5.09. The maximum Gasteiger partial charge on any atom is 0.313 e. The molecule has 0 bridgehead atoms. The predicted molar refractivity (Wildman–Crippen MR) is 129 cm³/mol. The molecule has 0 radical (unpaired) electrons. The summed E-state index contributed by atoms with van der Waals surface area (Å²) in [7, 11) is 0. The Bertz CT molecular complexity index is 1340. The van der Waals surface area contributed by atoms with E-state index in [1.54, 1.807) is 60.7 Å². The molecule has 0 unspecified atom stereocenters. The van der Waals surface area contributed by atoms with Crippen LogP contribution in [-0.4, -0.2) is 29.3 Å². The molecule has 3 amide bonds. The van der Waals surface area contributed by atoms with Crippen LogP contribution in [0.2, 0.25) is 5.02 Å². The lowest BCUT2D eigenvalue weighted by atomic mass is 10.1. The van der Waals surface area contributed by atoms with Crippen molar-refractivity contribution in [3.63, 3.8) is 0 Å². The Kier molecular flexibility index (Phi) is 6.74. The van der Waals surface area contributed by atoms with E-state index in [4.69, 9.17) is 16.3 Å². The lowest BCUT2D eigenvalue weighted by Gasteiger charge is -2.14. The first-order chi connectivity index (χ1) is 16.8. The Morgan fingerprint density at radius 1 is 1.09 bits per heavy atom. The summed E-state index contributed by atoms with van der Waals surface area (Å²) in [5.41, 5.74) is 2.57. The summed E-state index contributed by atoms with van der Waals surface area (Å²) < 4.78 is 5.50. The average Bonchev–Trinajstić information content (AvgIpc) is 3.12. The summed E-state index contributed by atoms with van der Waals surface area (Å²) in [6, 6.07) is 19.3. The van der Waals surface area contributed by atoms with Gasteiger partial charge in [-0.05, 0) is 36.4 Å². The molecular weight excluding hydrogens is 476 g/mol. The van der Waals surface area contributed by atoms with Crippen molar-refractivity contribution in [2.24, 2.45) is 0 Å². The largest absolute Gasteiger partial charge is 0.476 e. The van der Waals surface area contributed by atoms with Crippen molar-refractivity contribution in [3.8, 4) is 5.75 Å². The van der Waals surface area contributed by atoms with Gasteiger partial charge in [0.25, 0.3) is 17.7 Å². The molecule has 1 aliphatic heterocycles. The highest BCUT2D eigenvalue weighted by molar-refractivity contribution is 6.32. The average molecular weight is 493 g/mol. The van der Waals surface area contributed by atoms with Crippen molar-refractivity contribution >= 4 is 52.5 Å². The molecule has 176 valence electrons. The highest BCUT2D eigenvalue weighted by Gasteiger charge is 2.35. The van der Waals surface area contributed by atoms with Gasteiger partial charge in [-0.1, -0.05) is 48.0 Å². The molecule has 3 aromatic carbocycles. The van der Waals surface area contributed by atoms with Crippen LogP contribution >= 0.6 is 11.6 Å². The van der Waals surface area contributed by atoms with Crippen LogP contribution in [-0.2, 0) is 14.4 Å². The molecule has 1 heterocycles. The van der Waals surface area contributed by atoms with Gasteiger partial charge in [-0.15, -0.1) is 0 Å². The van der Waals surface area contributed by atoms with Crippen LogP contribution < -0.4 is 20.5 Å². The van der Waals surface area contributed by atoms with Crippen LogP contribution in [0, 0.1) is 10.1 Å². The van der Waals surface area contributed by atoms with E-state index in [1.165, 1.54) is 6.07 Å². The molecule has 2 N–H and O–H groups in total. The fraction of sp³-hybridized carbons (Fsp3) is 0.0417. The minimum absolute atomic E-state index is 0.00915. The number of rotatable bonds is 7. The molecule has 0 aliphatic carbocycles. The van der Waals surface area contributed by atoms with E-state index in [-0.39, 0.29) is 21.9 Å². The van der Waals surface area contributed by atoms with Crippen molar-refractivity contribution in [1.82, 2.24) is 5.43 Å². The van der Waals surface area contributed by atoms with Gasteiger partial charge in [-0.2, -0.15) is 0 Å². The molecule has 1 aliphatic rings. The molecular formula is C24H17ClN4O6. The fourth-order valence-corrected chi connectivity index (χ4v) is 3.55. The topological polar surface area (TPSA) is 131 Å². The second-order valence-corrected chi connectivity index (χ2v) is 7.71. The van der Waals surface area contributed by atoms with Crippen LogP contribution in [0.1, 0.15) is 5.56 Å². The number of carbonyl (C=O) groups excluding carboxylic acids is 3. The van der Waals surface area contributed by atoms with Gasteiger partial charge >= 0.3 is 5.69 Å². The SMILES string of the molecule is O=C(COc1c(C=C2C(=O)NN(c3ccccc3)C2=O)cc(Cl)cc1[N+](=O)[O-])Nc1ccccc1. The Labute approximate surface area is 203 Å². The number of nitro groups is 1. The summed E-state index contributed by atoms with van der Waals surface area (Å²) >= 11 is 6.05. The number of amides is 3. The number of ether oxygens (including phenoxy) is 1. The van der Waals surface area contributed by atoms with E-state index < -0.39 is 34.9 Å². The summed E-state index contributed by atoms with van der Waals surface area (Å²) in [5.74, 6) is -2.26. The van der Waals surface area contributed by atoms with E-state index >= 15 is 0 Å². The van der Waals surface area contributed by atoms with E-state index in [9.17, 15) is 24.5 Å². The zero-order valence-corrected chi connectivity index (χ0v) is 18.7. The summed E-state index contributed by atoms with van der Waals surface area (Å²) in [6.45, 7) is -0.566. The molecule has 35 heavy (non-hydrogen) atoms. The lowest BCUT2D eigenvalue weighted by Crippen LogP contribution is -2.35. The first-order valence-electron chi connectivity index (χ1n) is 10.2. The van der Waals surface area contributed by atoms with E-state index in [0.29, 0.717) is 11.4 Å². The highest BCUT2D eigenvalue weighted by Crippen LogP contribution is 2.36. The van der Waals surface area contributed by atoms with Crippen LogP contribution in [0.15, 0.2) is 78.4 Å². The standard InChI is InChI=1S/C24H17ClN4O6/c25-16-11-15(12-19-23(31)27-28(24(19)32)18-9-5-2-6-10-18)22(20(13-16)29(33)34)35-14-21(30)26-17-7-3-1-4-8-17/h1-13H,14H2,(H,26,30)(H,27,31). The zero-order valence-electron chi connectivity index (χ0n) is 17.9. The third-order valence-electron chi connectivity index (χ3n) is 4.87. The monoisotopic (exact) mass is 492 g/mol. The number of hydrogen-bond donors (Lipinski definition) is 2. The summed E-state index contributed by atoms with van der Waals surface area (Å²) in [6.07, 6.45) is 1.14. The van der Waals surface area contributed by atoms with Gasteiger partial charge in [0.2, 0.25) is 5.75 Å². The number of benzene rings is 3. The number of halogens is 1. The number of anilines is 2. The van der Waals surface area contributed by atoms with Gasteiger partial charge < -0.3 is 10.1 Å².